The van der Waals surface area contributed by atoms with E-state index in [1.165, 1.54) is 24.6 Å². The third kappa shape index (κ3) is 2.86. The van der Waals surface area contributed by atoms with Crippen molar-refractivity contribution in [3.8, 4) is 0 Å². The SMILES string of the molecule is CC1CCCC(Sc2c(N)cc(N)c(Cl)c2F)C1. The Hall–Kier alpha value is -0.610. The summed E-state index contributed by atoms with van der Waals surface area (Å²) < 4.78 is 14.1. The van der Waals surface area contributed by atoms with Crippen LogP contribution < -0.4 is 11.5 Å². The number of thioether (sulfide) groups is 1. The van der Waals surface area contributed by atoms with Crippen molar-refractivity contribution in [3.63, 3.8) is 0 Å². The Labute approximate surface area is 116 Å². The number of rotatable bonds is 2. The maximum atomic E-state index is 14.1. The highest BCUT2D eigenvalue weighted by molar-refractivity contribution is 8.00. The smallest absolute Gasteiger partial charge is 0.159 e. The number of hydrogen-bond donors (Lipinski definition) is 2. The summed E-state index contributed by atoms with van der Waals surface area (Å²) >= 11 is 7.34. The lowest BCUT2D eigenvalue weighted by atomic mass is 9.91. The van der Waals surface area contributed by atoms with Crippen LogP contribution >= 0.6 is 23.4 Å². The van der Waals surface area contributed by atoms with Gasteiger partial charge in [0.15, 0.2) is 5.82 Å². The minimum atomic E-state index is -0.475. The number of nitrogens with two attached hydrogens (primary N) is 2. The normalized spacial score (nSPS) is 24.2. The van der Waals surface area contributed by atoms with Crippen LogP contribution in [0.5, 0.6) is 0 Å². The molecule has 1 aromatic rings. The summed E-state index contributed by atoms with van der Waals surface area (Å²) in [7, 11) is 0. The summed E-state index contributed by atoms with van der Waals surface area (Å²) in [6, 6.07) is 1.54. The van der Waals surface area contributed by atoms with E-state index in [1.54, 1.807) is 6.07 Å². The molecule has 1 fully saturated rings. The largest absolute Gasteiger partial charge is 0.398 e. The van der Waals surface area contributed by atoms with E-state index in [0.29, 0.717) is 21.8 Å². The van der Waals surface area contributed by atoms with Gasteiger partial charge in [0.05, 0.1) is 16.3 Å². The van der Waals surface area contributed by atoms with E-state index in [1.807, 2.05) is 0 Å². The number of nitrogen functional groups attached to an aromatic ring is 2. The zero-order valence-electron chi connectivity index (χ0n) is 10.4. The van der Waals surface area contributed by atoms with Crippen molar-refractivity contribution in [3.05, 3.63) is 16.9 Å². The molecule has 2 unspecified atom stereocenters. The molecule has 0 aliphatic heterocycles. The lowest BCUT2D eigenvalue weighted by Gasteiger charge is -2.26. The molecule has 100 valence electrons. The predicted octanol–water partition coefficient (Wildman–Crippen LogP) is 4.31. The highest BCUT2D eigenvalue weighted by atomic mass is 35.5. The predicted molar refractivity (Wildman–Crippen MR) is 77.5 cm³/mol. The van der Waals surface area contributed by atoms with Gasteiger partial charge in [-0.3, -0.25) is 0 Å². The van der Waals surface area contributed by atoms with Crippen LogP contribution in [0.25, 0.3) is 0 Å². The molecular formula is C13H18ClFN2S. The molecule has 2 rings (SSSR count). The van der Waals surface area contributed by atoms with Gasteiger partial charge in [-0.05, 0) is 24.8 Å². The van der Waals surface area contributed by atoms with Gasteiger partial charge in [0.1, 0.15) is 5.02 Å². The van der Waals surface area contributed by atoms with E-state index < -0.39 is 5.82 Å². The lowest BCUT2D eigenvalue weighted by Crippen LogP contribution is -2.15. The first-order valence-corrected chi connectivity index (χ1v) is 7.44. The Morgan fingerprint density at radius 2 is 2.06 bits per heavy atom. The third-order valence-corrected chi connectivity index (χ3v) is 5.19. The van der Waals surface area contributed by atoms with E-state index in [4.69, 9.17) is 23.1 Å². The molecular weight excluding hydrogens is 271 g/mol. The van der Waals surface area contributed by atoms with Crippen LogP contribution in [-0.2, 0) is 0 Å². The first-order valence-electron chi connectivity index (χ1n) is 6.18. The van der Waals surface area contributed by atoms with Crippen LogP contribution in [0.2, 0.25) is 5.02 Å². The molecule has 0 aromatic heterocycles. The van der Waals surface area contributed by atoms with Gasteiger partial charge < -0.3 is 11.5 Å². The molecule has 0 heterocycles. The minimum Gasteiger partial charge on any atom is -0.398 e. The number of halogens is 2. The average molecular weight is 289 g/mol. The summed E-state index contributed by atoms with van der Waals surface area (Å²) in [4.78, 5) is 0.452. The van der Waals surface area contributed by atoms with Crippen LogP contribution in [0.3, 0.4) is 0 Å². The van der Waals surface area contributed by atoms with Gasteiger partial charge in [-0.25, -0.2) is 4.39 Å². The molecule has 1 aliphatic carbocycles. The number of benzene rings is 1. The van der Waals surface area contributed by atoms with Gasteiger partial charge >= 0.3 is 0 Å². The first-order chi connectivity index (χ1) is 8.49. The number of anilines is 2. The second kappa shape index (κ2) is 5.57. The molecule has 2 atom stereocenters. The molecule has 1 saturated carbocycles. The molecule has 4 N–H and O–H groups in total. The molecule has 2 nitrogen and oxygen atoms in total. The van der Waals surface area contributed by atoms with Gasteiger partial charge in [0, 0.05) is 5.25 Å². The Bertz CT molecular complexity index is 453. The zero-order valence-corrected chi connectivity index (χ0v) is 12.0. The van der Waals surface area contributed by atoms with Crippen LogP contribution in [-0.4, -0.2) is 5.25 Å². The Kier molecular flexibility index (Phi) is 4.28. The van der Waals surface area contributed by atoms with Gasteiger partial charge in [-0.2, -0.15) is 0 Å². The van der Waals surface area contributed by atoms with Gasteiger partial charge in [0.2, 0.25) is 0 Å². The van der Waals surface area contributed by atoms with Crippen molar-refractivity contribution < 1.29 is 4.39 Å². The quantitative estimate of drug-likeness (QED) is 0.797. The summed E-state index contributed by atoms with van der Waals surface area (Å²) in [6.07, 6.45) is 4.67. The standard InChI is InChI=1S/C13H18ClFN2S/c1-7-3-2-4-8(5-7)18-13-10(17)6-9(16)11(14)12(13)15/h6-8H,2-5,16-17H2,1H3. The average Bonchev–Trinajstić information content (AvgIpc) is 2.32. The van der Waals surface area contributed by atoms with Crippen LogP contribution in [0.4, 0.5) is 15.8 Å². The van der Waals surface area contributed by atoms with Crippen molar-refractivity contribution in [2.45, 2.75) is 42.8 Å². The molecule has 0 spiro atoms. The van der Waals surface area contributed by atoms with E-state index in [0.717, 1.165) is 12.8 Å². The molecule has 0 amide bonds. The van der Waals surface area contributed by atoms with Crippen LogP contribution in [0, 0.1) is 11.7 Å². The Morgan fingerprint density at radius 1 is 1.33 bits per heavy atom. The summed E-state index contributed by atoms with van der Waals surface area (Å²) in [6.45, 7) is 2.24. The lowest BCUT2D eigenvalue weighted by molar-refractivity contribution is 0.394. The molecule has 0 saturated heterocycles. The van der Waals surface area contributed by atoms with Crippen molar-refractivity contribution >= 4 is 34.7 Å². The van der Waals surface area contributed by atoms with E-state index >= 15 is 0 Å². The van der Waals surface area contributed by atoms with Crippen molar-refractivity contribution in [1.82, 2.24) is 0 Å². The van der Waals surface area contributed by atoms with Crippen LogP contribution in [0.15, 0.2) is 11.0 Å². The maximum Gasteiger partial charge on any atom is 0.159 e. The first kappa shape index (κ1) is 13.8. The van der Waals surface area contributed by atoms with E-state index in [-0.39, 0.29) is 10.7 Å². The third-order valence-electron chi connectivity index (χ3n) is 3.39. The van der Waals surface area contributed by atoms with E-state index in [2.05, 4.69) is 6.92 Å². The Balaban J connectivity index is 2.21. The van der Waals surface area contributed by atoms with Gasteiger partial charge in [0.25, 0.3) is 0 Å². The van der Waals surface area contributed by atoms with Crippen molar-refractivity contribution in [2.24, 2.45) is 5.92 Å². The number of hydrogen-bond acceptors (Lipinski definition) is 3. The summed E-state index contributed by atoms with van der Waals surface area (Å²) in [5.41, 5.74) is 12.0. The fraction of sp³-hybridized carbons (Fsp3) is 0.538. The Morgan fingerprint density at radius 3 is 2.72 bits per heavy atom. The minimum absolute atomic E-state index is 0.0180. The highest BCUT2D eigenvalue weighted by Crippen LogP contribution is 2.42. The molecule has 0 bridgehead atoms. The van der Waals surface area contributed by atoms with Crippen molar-refractivity contribution in [1.29, 1.82) is 0 Å². The van der Waals surface area contributed by atoms with Crippen molar-refractivity contribution in [2.75, 3.05) is 11.5 Å². The van der Waals surface area contributed by atoms with Gasteiger partial charge in [-0.15, -0.1) is 11.8 Å². The molecule has 18 heavy (non-hydrogen) atoms. The summed E-state index contributed by atoms with van der Waals surface area (Å²) in [5, 5.41) is 0.404. The summed E-state index contributed by atoms with van der Waals surface area (Å²) in [5.74, 6) is 0.224. The zero-order chi connectivity index (χ0) is 13.3. The fourth-order valence-electron chi connectivity index (χ4n) is 2.42. The molecule has 1 aromatic carbocycles. The fourth-order valence-corrected chi connectivity index (χ4v) is 4.07. The van der Waals surface area contributed by atoms with E-state index in [9.17, 15) is 4.39 Å². The topological polar surface area (TPSA) is 52.0 Å². The second-order valence-electron chi connectivity index (χ2n) is 5.02. The molecule has 0 radical (unpaired) electrons. The molecule has 5 heteroatoms. The van der Waals surface area contributed by atoms with Crippen LogP contribution in [0.1, 0.15) is 32.6 Å². The second-order valence-corrected chi connectivity index (χ2v) is 6.71. The maximum absolute atomic E-state index is 14.1. The monoisotopic (exact) mass is 288 g/mol. The highest BCUT2D eigenvalue weighted by Gasteiger charge is 2.23. The van der Waals surface area contributed by atoms with Gasteiger partial charge in [-0.1, -0.05) is 31.4 Å². The molecule has 1 aliphatic rings.